The highest BCUT2D eigenvalue weighted by Crippen LogP contribution is 2.00. The van der Waals surface area contributed by atoms with Gasteiger partial charge in [-0.1, -0.05) is 6.08 Å². The Hall–Kier alpha value is -0.480. The molecule has 4 heteroatoms. The van der Waals surface area contributed by atoms with Crippen LogP contribution >= 0.6 is 0 Å². The van der Waals surface area contributed by atoms with Crippen molar-refractivity contribution in [2.75, 3.05) is 6.61 Å². The van der Waals surface area contributed by atoms with Gasteiger partial charge in [-0.3, -0.25) is 0 Å². The fourth-order valence-corrected chi connectivity index (χ4v) is 0.239. The molecule has 2 nitrogen and oxygen atoms in total. The predicted octanol–water partition coefficient (Wildman–Crippen LogP) is 0.772. The van der Waals surface area contributed by atoms with Crippen LogP contribution in [0.5, 0.6) is 0 Å². The second kappa shape index (κ2) is 4.40. The van der Waals surface area contributed by atoms with E-state index < -0.39 is 12.7 Å². The lowest BCUT2D eigenvalue weighted by atomic mass is 10.6. The molecule has 0 aliphatic heterocycles. The van der Waals surface area contributed by atoms with Crippen molar-refractivity contribution in [1.82, 2.24) is 0 Å². The lowest BCUT2D eigenvalue weighted by Crippen LogP contribution is -2.20. The Morgan fingerprint density at radius 2 is 2.22 bits per heavy atom. The van der Waals surface area contributed by atoms with Crippen LogP contribution in [-0.2, 0) is 4.74 Å². The van der Waals surface area contributed by atoms with Crippen molar-refractivity contribution in [2.24, 2.45) is 0 Å². The minimum Gasteiger partial charge on any atom is -0.363 e. The minimum atomic E-state index is -2.84. The van der Waals surface area contributed by atoms with Crippen molar-refractivity contribution in [3.05, 3.63) is 12.7 Å². The van der Waals surface area contributed by atoms with Crippen LogP contribution in [0, 0.1) is 0 Å². The summed E-state index contributed by atoms with van der Waals surface area (Å²) in [6.07, 6.45) is -3.54. The second-order valence-corrected chi connectivity index (χ2v) is 1.35. The summed E-state index contributed by atoms with van der Waals surface area (Å²) in [4.78, 5) is 0. The molecule has 0 rings (SSSR count). The first-order valence-electron chi connectivity index (χ1n) is 2.37. The largest absolute Gasteiger partial charge is 0.363 e. The summed E-state index contributed by atoms with van der Waals surface area (Å²) in [6.45, 7) is 3.15. The summed E-state index contributed by atoms with van der Waals surface area (Å²) in [5, 5.41) is 8.24. The monoisotopic (exact) mass is 138 g/mol. The van der Waals surface area contributed by atoms with E-state index >= 15 is 0 Å². The van der Waals surface area contributed by atoms with Gasteiger partial charge in [0.15, 0.2) is 0 Å². The molecule has 1 N–H and O–H groups in total. The van der Waals surface area contributed by atoms with Gasteiger partial charge in [0.2, 0.25) is 6.29 Å². The molecule has 0 saturated heterocycles. The molecule has 0 aliphatic rings. The quantitative estimate of drug-likeness (QED) is 0.459. The normalized spacial score (nSPS) is 13.8. The van der Waals surface area contributed by atoms with E-state index in [0.717, 1.165) is 0 Å². The number of hydrogen-bond acceptors (Lipinski definition) is 2. The Balaban J connectivity index is 3.26. The van der Waals surface area contributed by atoms with Crippen molar-refractivity contribution < 1.29 is 18.6 Å². The van der Waals surface area contributed by atoms with Gasteiger partial charge >= 0.3 is 0 Å². The van der Waals surface area contributed by atoms with Gasteiger partial charge in [-0.2, -0.15) is 0 Å². The van der Waals surface area contributed by atoms with Gasteiger partial charge in [-0.05, 0) is 0 Å². The van der Waals surface area contributed by atoms with Crippen molar-refractivity contribution in [3.8, 4) is 0 Å². The van der Waals surface area contributed by atoms with Gasteiger partial charge in [0.1, 0.15) is 0 Å². The maximum Gasteiger partial charge on any atom is 0.288 e. The van der Waals surface area contributed by atoms with Crippen LogP contribution in [0.3, 0.4) is 0 Å². The van der Waals surface area contributed by atoms with Crippen LogP contribution in [0.15, 0.2) is 12.7 Å². The number of halogens is 2. The molecule has 0 spiro atoms. The molecule has 9 heavy (non-hydrogen) atoms. The number of aliphatic hydroxyl groups is 1. The molecular weight excluding hydrogens is 130 g/mol. The van der Waals surface area contributed by atoms with Crippen molar-refractivity contribution >= 4 is 0 Å². The van der Waals surface area contributed by atoms with E-state index in [1.165, 1.54) is 6.08 Å². The Morgan fingerprint density at radius 3 is 2.56 bits per heavy atom. The number of alkyl halides is 2. The third kappa shape index (κ3) is 4.05. The third-order valence-electron chi connectivity index (χ3n) is 0.600. The molecule has 0 amide bonds. The first-order valence-corrected chi connectivity index (χ1v) is 2.37. The molecule has 0 saturated carbocycles. The summed E-state index contributed by atoms with van der Waals surface area (Å²) in [5.74, 6) is 0. The summed E-state index contributed by atoms with van der Waals surface area (Å²) in [7, 11) is 0. The maximum atomic E-state index is 11.3. The Labute approximate surface area is 51.7 Å². The molecule has 0 aliphatic carbocycles. The fourth-order valence-electron chi connectivity index (χ4n) is 0.239. The molecule has 54 valence electrons. The van der Waals surface area contributed by atoms with E-state index in [9.17, 15) is 8.78 Å². The van der Waals surface area contributed by atoms with Crippen LogP contribution in [0.1, 0.15) is 0 Å². The standard InChI is InChI=1S/C5H8F2O2/c1-2-3-9-5(8)4(6)7/h2,4-5,8H,1,3H2. The number of aliphatic hydroxyl groups excluding tert-OH is 1. The van der Waals surface area contributed by atoms with E-state index in [1.54, 1.807) is 0 Å². The lowest BCUT2D eigenvalue weighted by Gasteiger charge is -2.07. The average molecular weight is 138 g/mol. The van der Waals surface area contributed by atoms with Crippen molar-refractivity contribution in [1.29, 1.82) is 0 Å². The SMILES string of the molecule is C=CCOC(O)C(F)F. The molecular formula is C5H8F2O2. The topological polar surface area (TPSA) is 29.5 Å². The molecule has 1 unspecified atom stereocenters. The third-order valence-corrected chi connectivity index (χ3v) is 0.600. The van der Waals surface area contributed by atoms with E-state index in [0.29, 0.717) is 0 Å². The second-order valence-electron chi connectivity index (χ2n) is 1.35. The van der Waals surface area contributed by atoms with Crippen LogP contribution in [0.4, 0.5) is 8.78 Å². The zero-order valence-corrected chi connectivity index (χ0v) is 4.76. The average Bonchev–Trinajstić information content (AvgIpc) is 1.82. The number of hydrogen-bond donors (Lipinski definition) is 1. The van der Waals surface area contributed by atoms with Gasteiger partial charge in [0, 0.05) is 0 Å². The Bertz CT molecular complexity index is 85.0. The summed E-state index contributed by atoms with van der Waals surface area (Å²) >= 11 is 0. The highest BCUT2D eigenvalue weighted by atomic mass is 19.3. The molecule has 0 aromatic heterocycles. The number of ether oxygens (including phenoxy) is 1. The molecule has 0 heterocycles. The van der Waals surface area contributed by atoms with E-state index in [2.05, 4.69) is 11.3 Å². The summed E-state index contributed by atoms with van der Waals surface area (Å²) in [6, 6.07) is 0. The van der Waals surface area contributed by atoms with Gasteiger partial charge in [-0.15, -0.1) is 6.58 Å². The fraction of sp³-hybridized carbons (Fsp3) is 0.600. The molecule has 0 radical (unpaired) electrons. The first kappa shape index (κ1) is 8.52. The van der Waals surface area contributed by atoms with Crippen molar-refractivity contribution in [2.45, 2.75) is 12.7 Å². The van der Waals surface area contributed by atoms with E-state index in [-0.39, 0.29) is 6.61 Å². The molecule has 0 fully saturated rings. The van der Waals surface area contributed by atoms with Gasteiger partial charge in [0.05, 0.1) is 6.61 Å². The Morgan fingerprint density at radius 1 is 1.67 bits per heavy atom. The molecule has 1 atom stereocenters. The van der Waals surface area contributed by atoms with Crippen molar-refractivity contribution in [3.63, 3.8) is 0 Å². The van der Waals surface area contributed by atoms with Crippen LogP contribution < -0.4 is 0 Å². The maximum absolute atomic E-state index is 11.3. The highest BCUT2D eigenvalue weighted by Gasteiger charge is 2.15. The zero-order valence-electron chi connectivity index (χ0n) is 4.76. The van der Waals surface area contributed by atoms with Gasteiger partial charge < -0.3 is 9.84 Å². The predicted molar refractivity (Wildman–Crippen MR) is 28.2 cm³/mol. The van der Waals surface area contributed by atoms with Crippen LogP contribution in [0.2, 0.25) is 0 Å². The zero-order chi connectivity index (χ0) is 7.28. The van der Waals surface area contributed by atoms with E-state index in [1.807, 2.05) is 0 Å². The van der Waals surface area contributed by atoms with Crippen LogP contribution in [0.25, 0.3) is 0 Å². The highest BCUT2D eigenvalue weighted by molar-refractivity contribution is 4.64. The Kier molecular flexibility index (Phi) is 4.17. The van der Waals surface area contributed by atoms with Crippen LogP contribution in [-0.4, -0.2) is 24.4 Å². The minimum absolute atomic E-state index is 0.0640. The summed E-state index contributed by atoms with van der Waals surface area (Å²) < 4.78 is 26.8. The first-order chi connectivity index (χ1) is 4.18. The van der Waals surface area contributed by atoms with E-state index in [4.69, 9.17) is 5.11 Å². The molecule has 0 aromatic rings. The molecule has 0 bridgehead atoms. The summed E-state index contributed by atoms with van der Waals surface area (Å²) in [5.41, 5.74) is 0. The lowest BCUT2D eigenvalue weighted by molar-refractivity contribution is -0.168. The van der Waals surface area contributed by atoms with Gasteiger partial charge in [-0.25, -0.2) is 8.78 Å². The smallest absolute Gasteiger partial charge is 0.288 e. The van der Waals surface area contributed by atoms with Gasteiger partial charge in [0.25, 0.3) is 6.43 Å². The number of rotatable bonds is 4. The molecule has 0 aromatic carbocycles.